The van der Waals surface area contributed by atoms with Gasteiger partial charge in [0.15, 0.2) is 6.10 Å². The highest BCUT2D eigenvalue weighted by molar-refractivity contribution is 6.31. The van der Waals surface area contributed by atoms with E-state index >= 15 is 0 Å². The lowest BCUT2D eigenvalue weighted by Crippen LogP contribution is -2.31. The van der Waals surface area contributed by atoms with Gasteiger partial charge in [-0.15, -0.1) is 0 Å². The van der Waals surface area contributed by atoms with Crippen molar-refractivity contribution >= 4 is 17.5 Å². The van der Waals surface area contributed by atoms with Crippen molar-refractivity contribution in [2.45, 2.75) is 19.6 Å². The van der Waals surface area contributed by atoms with Crippen molar-refractivity contribution in [1.82, 2.24) is 5.32 Å². The molecule has 1 N–H and O–H groups in total. The van der Waals surface area contributed by atoms with Crippen LogP contribution in [0.3, 0.4) is 0 Å². The van der Waals surface area contributed by atoms with E-state index in [4.69, 9.17) is 26.3 Å². The minimum absolute atomic E-state index is 0.121. The molecule has 2 aromatic rings. The zero-order valence-corrected chi connectivity index (χ0v) is 15.1. The summed E-state index contributed by atoms with van der Waals surface area (Å²) >= 11 is 6.10. The number of rotatable bonds is 7. The van der Waals surface area contributed by atoms with Gasteiger partial charge >= 0.3 is 0 Å². The molecular weight excluding hydrogens is 359 g/mol. The van der Waals surface area contributed by atoms with Crippen molar-refractivity contribution in [3.8, 4) is 11.8 Å². The lowest BCUT2D eigenvalue weighted by molar-refractivity contribution is -0.133. The van der Waals surface area contributed by atoms with E-state index in [-0.39, 0.29) is 18.7 Å². The SMILES string of the molecule is CCOC(C(=O)NCc1ccc(C#N)cc1Cl)c1ccc(OC)cc1F. The van der Waals surface area contributed by atoms with Crippen LogP contribution in [0.25, 0.3) is 0 Å². The van der Waals surface area contributed by atoms with Gasteiger partial charge < -0.3 is 14.8 Å². The number of hydrogen-bond acceptors (Lipinski definition) is 4. The van der Waals surface area contributed by atoms with Crippen LogP contribution in [0.1, 0.15) is 29.7 Å². The Balaban J connectivity index is 2.15. The Labute approximate surface area is 156 Å². The minimum Gasteiger partial charge on any atom is -0.497 e. The third-order valence-electron chi connectivity index (χ3n) is 3.70. The van der Waals surface area contributed by atoms with Crippen molar-refractivity contribution in [2.24, 2.45) is 0 Å². The first kappa shape index (κ1) is 19.7. The maximum atomic E-state index is 14.3. The second-order valence-corrected chi connectivity index (χ2v) is 5.77. The van der Waals surface area contributed by atoms with E-state index in [1.165, 1.54) is 25.3 Å². The molecule has 5 nitrogen and oxygen atoms in total. The molecule has 1 atom stereocenters. The molecule has 26 heavy (non-hydrogen) atoms. The molecule has 2 aromatic carbocycles. The summed E-state index contributed by atoms with van der Waals surface area (Å²) in [6.07, 6.45) is -1.09. The number of carbonyl (C=O) groups excluding carboxylic acids is 1. The molecule has 2 rings (SSSR count). The van der Waals surface area contributed by atoms with Gasteiger partial charge in [0.2, 0.25) is 0 Å². The molecule has 0 aromatic heterocycles. The van der Waals surface area contributed by atoms with Crippen LogP contribution >= 0.6 is 11.6 Å². The van der Waals surface area contributed by atoms with Gasteiger partial charge in [-0.05, 0) is 36.8 Å². The number of methoxy groups -OCH3 is 1. The number of nitriles is 1. The van der Waals surface area contributed by atoms with Gasteiger partial charge in [0, 0.05) is 29.8 Å². The Bertz CT molecular complexity index is 836. The molecule has 1 unspecified atom stereocenters. The van der Waals surface area contributed by atoms with Gasteiger partial charge in [-0.3, -0.25) is 4.79 Å². The topological polar surface area (TPSA) is 71.3 Å². The van der Waals surface area contributed by atoms with E-state index in [2.05, 4.69) is 5.32 Å². The van der Waals surface area contributed by atoms with Crippen LogP contribution in [0, 0.1) is 17.1 Å². The quantitative estimate of drug-likeness (QED) is 0.798. The first-order chi connectivity index (χ1) is 12.5. The molecule has 0 aliphatic heterocycles. The lowest BCUT2D eigenvalue weighted by Gasteiger charge is -2.18. The number of halogens is 2. The summed E-state index contributed by atoms with van der Waals surface area (Å²) in [4.78, 5) is 12.5. The van der Waals surface area contributed by atoms with E-state index in [0.29, 0.717) is 21.9 Å². The first-order valence-corrected chi connectivity index (χ1v) is 8.29. The average Bonchev–Trinajstić information content (AvgIpc) is 2.65. The Kier molecular flexibility index (Phi) is 6.96. The smallest absolute Gasteiger partial charge is 0.254 e. The first-order valence-electron chi connectivity index (χ1n) is 7.91. The van der Waals surface area contributed by atoms with Crippen LogP contribution in [-0.4, -0.2) is 19.6 Å². The number of nitrogens with zero attached hydrogens (tertiary/aromatic N) is 1. The van der Waals surface area contributed by atoms with E-state index < -0.39 is 17.8 Å². The third kappa shape index (κ3) is 4.72. The molecule has 1 amide bonds. The molecular formula is C19H18ClFN2O3. The minimum atomic E-state index is -1.09. The zero-order chi connectivity index (χ0) is 19.1. The second-order valence-electron chi connectivity index (χ2n) is 5.36. The van der Waals surface area contributed by atoms with Gasteiger partial charge in [-0.25, -0.2) is 4.39 Å². The zero-order valence-electron chi connectivity index (χ0n) is 14.4. The highest BCUT2D eigenvalue weighted by atomic mass is 35.5. The standard InChI is InChI=1S/C19H18ClFN2O3/c1-3-26-18(15-7-6-14(25-2)9-17(15)21)19(24)23-11-13-5-4-12(10-22)8-16(13)20/h4-9,18H,3,11H2,1-2H3,(H,23,24). The second kappa shape index (κ2) is 9.18. The predicted octanol–water partition coefficient (Wildman–Crippen LogP) is 3.75. The highest BCUT2D eigenvalue weighted by Gasteiger charge is 2.24. The normalized spacial score (nSPS) is 11.5. The Morgan fingerprint density at radius 1 is 1.35 bits per heavy atom. The summed E-state index contributed by atoms with van der Waals surface area (Å²) in [5, 5.41) is 11.9. The predicted molar refractivity (Wildman–Crippen MR) is 95.3 cm³/mol. The third-order valence-corrected chi connectivity index (χ3v) is 4.05. The number of amides is 1. The van der Waals surface area contributed by atoms with Crippen molar-refractivity contribution in [1.29, 1.82) is 5.26 Å². The Morgan fingerprint density at radius 2 is 2.12 bits per heavy atom. The summed E-state index contributed by atoms with van der Waals surface area (Å²) < 4.78 is 24.7. The van der Waals surface area contributed by atoms with E-state index in [0.717, 1.165) is 0 Å². The summed E-state index contributed by atoms with van der Waals surface area (Å²) in [7, 11) is 1.43. The molecule has 0 saturated carbocycles. The van der Waals surface area contributed by atoms with Gasteiger partial charge in [-0.1, -0.05) is 17.7 Å². The van der Waals surface area contributed by atoms with Gasteiger partial charge in [0.25, 0.3) is 5.91 Å². The van der Waals surface area contributed by atoms with Crippen LogP contribution in [-0.2, 0) is 16.1 Å². The fourth-order valence-corrected chi connectivity index (χ4v) is 2.60. The maximum Gasteiger partial charge on any atom is 0.254 e. The van der Waals surface area contributed by atoms with Crippen LogP contribution in [0.15, 0.2) is 36.4 Å². The Morgan fingerprint density at radius 3 is 2.69 bits per heavy atom. The summed E-state index contributed by atoms with van der Waals surface area (Å²) in [5.41, 5.74) is 1.19. The van der Waals surface area contributed by atoms with E-state index in [1.54, 1.807) is 25.1 Å². The molecule has 0 bridgehead atoms. The van der Waals surface area contributed by atoms with Crippen LogP contribution < -0.4 is 10.1 Å². The number of nitrogens with one attached hydrogen (secondary N) is 1. The van der Waals surface area contributed by atoms with Gasteiger partial charge in [-0.2, -0.15) is 5.26 Å². The fraction of sp³-hybridized carbons (Fsp3) is 0.263. The van der Waals surface area contributed by atoms with Crippen molar-refractivity contribution in [3.63, 3.8) is 0 Å². The summed E-state index contributed by atoms with van der Waals surface area (Å²) in [5.74, 6) is -0.725. The summed E-state index contributed by atoms with van der Waals surface area (Å²) in [6, 6.07) is 11.0. The van der Waals surface area contributed by atoms with Crippen molar-refractivity contribution in [2.75, 3.05) is 13.7 Å². The molecule has 0 radical (unpaired) electrons. The van der Waals surface area contributed by atoms with Crippen LogP contribution in [0.5, 0.6) is 5.75 Å². The molecule has 0 fully saturated rings. The van der Waals surface area contributed by atoms with E-state index in [9.17, 15) is 9.18 Å². The van der Waals surface area contributed by atoms with Crippen molar-refractivity contribution in [3.05, 3.63) is 63.9 Å². The fourth-order valence-electron chi connectivity index (χ4n) is 2.36. The molecule has 7 heteroatoms. The van der Waals surface area contributed by atoms with Crippen LogP contribution in [0.4, 0.5) is 4.39 Å². The highest BCUT2D eigenvalue weighted by Crippen LogP contribution is 2.25. The number of hydrogen-bond donors (Lipinski definition) is 1. The molecule has 0 saturated heterocycles. The molecule has 0 spiro atoms. The largest absolute Gasteiger partial charge is 0.497 e. The number of benzene rings is 2. The Hall–Kier alpha value is -2.62. The van der Waals surface area contributed by atoms with Gasteiger partial charge in [0.05, 0.1) is 18.7 Å². The number of ether oxygens (including phenoxy) is 2. The lowest BCUT2D eigenvalue weighted by atomic mass is 10.1. The van der Waals surface area contributed by atoms with Gasteiger partial charge in [0.1, 0.15) is 11.6 Å². The molecule has 0 heterocycles. The maximum absolute atomic E-state index is 14.3. The monoisotopic (exact) mass is 376 g/mol. The summed E-state index contributed by atoms with van der Waals surface area (Å²) in [6.45, 7) is 2.09. The number of carbonyl (C=O) groups is 1. The molecule has 0 aliphatic carbocycles. The van der Waals surface area contributed by atoms with E-state index in [1.807, 2.05) is 6.07 Å². The van der Waals surface area contributed by atoms with Crippen LogP contribution in [0.2, 0.25) is 5.02 Å². The van der Waals surface area contributed by atoms with Crippen molar-refractivity contribution < 1.29 is 18.7 Å². The molecule has 136 valence electrons. The molecule has 0 aliphatic rings. The average molecular weight is 377 g/mol.